The van der Waals surface area contributed by atoms with Gasteiger partial charge in [-0.05, 0) is 59.4 Å². The van der Waals surface area contributed by atoms with Crippen molar-refractivity contribution in [3.63, 3.8) is 0 Å². The van der Waals surface area contributed by atoms with Gasteiger partial charge in [0.05, 0.1) is 17.6 Å². The molecule has 4 aromatic heterocycles. The van der Waals surface area contributed by atoms with Gasteiger partial charge in [-0.15, -0.1) is 16.4 Å². The summed E-state index contributed by atoms with van der Waals surface area (Å²) in [4.78, 5) is 25.5. The number of ether oxygens (including phenoxy) is 1. The molecule has 0 atom stereocenters. The predicted molar refractivity (Wildman–Crippen MR) is 123 cm³/mol. The lowest BCUT2D eigenvalue weighted by Gasteiger charge is -2.33. The Balaban J connectivity index is 1.31. The molecule has 10 heteroatoms. The van der Waals surface area contributed by atoms with Gasteiger partial charge in [0, 0.05) is 29.5 Å². The number of fused-ring (bicyclic) bond motifs is 2. The molecule has 1 amide bonds. The third-order valence-corrected chi connectivity index (χ3v) is 6.77. The normalized spacial score (nSPS) is 15.7. The number of likely N-dealkylation sites (tertiary alicyclic amines) is 1. The molecule has 1 aliphatic rings. The van der Waals surface area contributed by atoms with Crippen molar-refractivity contribution in [1.29, 1.82) is 0 Å². The van der Waals surface area contributed by atoms with Gasteiger partial charge in [-0.3, -0.25) is 4.98 Å². The van der Waals surface area contributed by atoms with Crippen LogP contribution in [0.25, 0.3) is 21.8 Å². The Labute approximate surface area is 190 Å². The van der Waals surface area contributed by atoms with Crippen LogP contribution in [0.5, 0.6) is 0 Å². The summed E-state index contributed by atoms with van der Waals surface area (Å²) in [7, 11) is 0. The number of carbonyl (C=O) groups is 1. The van der Waals surface area contributed by atoms with Crippen LogP contribution in [0.1, 0.15) is 55.8 Å². The molecule has 32 heavy (non-hydrogen) atoms. The van der Waals surface area contributed by atoms with Crippen molar-refractivity contribution in [2.24, 2.45) is 0 Å². The van der Waals surface area contributed by atoms with E-state index in [0.29, 0.717) is 25.0 Å². The van der Waals surface area contributed by atoms with Crippen molar-refractivity contribution in [3.8, 4) is 5.95 Å². The van der Waals surface area contributed by atoms with E-state index < -0.39 is 5.60 Å². The summed E-state index contributed by atoms with van der Waals surface area (Å²) in [5, 5.41) is 10.4. The van der Waals surface area contributed by atoms with Crippen LogP contribution in [-0.4, -0.2) is 59.0 Å². The smallest absolute Gasteiger partial charge is 0.410 e. The highest BCUT2D eigenvalue weighted by atomic mass is 32.1. The van der Waals surface area contributed by atoms with Crippen LogP contribution < -0.4 is 0 Å². The van der Waals surface area contributed by atoms with Gasteiger partial charge < -0.3 is 9.64 Å². The second-order valence-corrected chi connectivity index (χ2v) is 10.4. The lowest BCUT2D eigenvalue weighted by atomic mass is 9.95. The van der Waals surface area contributed by atoms with Crippen molar-refractivity contribution >= 4 is 33.3 Å². The zero-order valence-corrected chi connectivity index (χ0v) is 19.8. The summed E-state index contributed by atoms with van der Waals surface area (Å²) >= 11 is 1.71. The summed E-state index contributed by atoms with van der Waals surface area (Å²) in [5.41, 5.74) is 2.02. The molecule has 0 bridgehead atoms. The van der Waals surface area contributed by atoms with Crippen LogP contribution >= 0.6 is 11.3 Å². The highest BCUT2D eigenvalue weighted by Gasteiger charge is 2.28. The SMILES string of the molecule is Cc1cn2nc(-n3cc4cc(C5CCN(C(=O)OC(C)(C)C)CC5)sc4n3)nc2c(C)n1. The highest BCUT2D eigenvalue weighted by molar-refractivity contribution is 7.18. The fourth-order valence-electron chi connectivity index (χ4n) is 4.09. The Bertz CT molecular complexity index is 1270. The highest BCUT2D eigenvalue weighted by Crippen LogP contribution is 2.36. The summed E-state index contributed by atoms with van der Waals surface area (Å²) < 4.78 is 8.99. The maximum atomic E-state index is 12.3. The van der Waals surface area contributed by atoms with E-state index >= 15 is 0 Å². The lowest BCUT2D eigenvalue weighted by Crippen LogP contribution is -2.41. The van der Waals surface area contributed by atoms with Gasteiger partial charge in [-0.25, -0.2) is 14.0 Å². The van der Waals surface area contributed by atoms with Gasteiger partial charge in [0.15, 0.2) is 5.65 Å². The molecule has 1 fully saturated rings. The second-order valence-electron chi connectivity index (χ2n) is 9.37. The quantitative estimate of drug-likeness (QED) is 0.451. The zero-order valence-electron chi connectivity index (χ0n) is 19.0. The van der Waals surface area contributed by atoms with E-state index in [1.54, 1.807) is 20.5 Å². The molecule has 0 aliphatic carbocycles. The van der Waals surface area contributed by atoms with E-state index in [9.17, 15) is 4.79 Å². The van der Waals surface area contributed by atoms with E-state index in [2.05, 4.69) is 21.1 Å². The first-order chi connectivity index (χ1) is 15.2. The monoisotopic (exact) mass is 453 g/mol. The standard InChI is InChI=1S/C22H27N7O2S/c1-13-11-28-18(14(2)23-13)24-20(26-28)29-12-16-10-17(32-19(16)25-29)15-6-8-27(9-7-15)21(30)31-22(3,4)5/h10-12,15H,6-9H2,1-5H3. The van der Waals surface area contributed by atoms with Crippen molar-refractivity contribution in [3.05, 3.63) is 34.7 Å². The number of thiophene rings is 1. The molecule has 0 aromatic carbocycles. The summed E-state index contributed by atoms with van der Waals surface area (Å²) in [5.74, 6) is 0.975. The summed E-state index contributed by atoms with van der Waals surface area (Å²) in [6.45, 7) is 11.0. The molecular weight excluding hydrogens is 426 g/mol. The molecule has 5 rings (SSSR count). The number of carbonyl (C=O) groups excluding carboxylic acids is 1. The fourth-order valence-corrected chi connectivity index (χ4v) is 5.26. The van der Waals surface area contributed by atoms with E-state index in [-0.39, 0.29) is 6.09 Å². The van der Waals surface area contributed by atoms with E-state index in [4.69, 9.17) is 9.84 Å². The van der Waals surface area contributed by atoms with Crippen LogP contribution in [0, 0.1) is 13.8 Å². The largest absolute Gasteiger partial charge is 0.444 e. The van der Waals surface area contributed by atoms with E-state index in [1.165, 1.54) is 4.88 Å². The number of rotatable bonds is 2. The molecule has 0 spiro atoms. The van der Waals surface area contributed by atoms with Crippen LogP contribution in [0.4, 0.5) is 4.79 Å². The molecule has 4 aromatic rings. The minimum Gasteiger partial charge on any atom is -0.444 e. The number of hydrogen-bond donors (Lipinski definition) is 0. The van der Waals surface area contributed by atoms with Crippen LogP contribution in [0.15, 0.2) is 18.5 Å². The zero-order chi connectivity index (χ0) is 22.6. The molecule has 1 saturated heterocycles. The van der Waals surface area contributed by atoms with Crippen molar-refractivity contribution in [2.45, 2.75) is 59.0 Å². The van der Waals surface area contributed by atoms with Gasteiger partial charge in [0.1, 0.15) is 10.4 Å². The number of hydrogen-bond acceptors (Lipinski definition) is 7. The van der Waals surface area contributed by atoms with Gasteiger partial charge in [0.25, 0.3) is 5.95 Å². The maximum absolute atomic E-state index is 12.3. The number of piperidine rings is 1. The minimum atomic E-state index is -0.463. The molecule has 0 saturated carbocycles. The number of nitrogens with zero attached hydrogens (tertiary/aromatic N) is 7. The lowest BCUT2D eigenvalue weighted by molar-refractivity contribution is 0.0205. The van der Waals surface area contributed by atoms with Gasteiger partial charge in [0.2, 0.25) is 0 Å². The first-order valence-electron chi connectivity index (χ1n) is 10.8. The van der Waals surface area contributed by atoms with Crippen molar-refractivity contribution in [1.82, 2.24) is 34.3 Å². The average Bonchev–Trinajstić information content (AvgIpc) is 3.39. The molecule has 0 N–H and O–H groups in total. The Morgan fingerprint density at radius 1 is 1.12 bits per heavy atom. The molecule has 9 nitrogen and oxygen atoms in total. The van der Waals surface area contributed by atoms with Crippen molar-refractivity contribution in [2.75, 3.05) is 13.1 Å². The van der Waals surface area contributed by atoms with Gasteiger partial charge in [-0.2, -0.15) is 10.1 Å². The Morgan fingerprint density at radius 3 is 2.56 bits per heavy atom. The minimum absolute atomic E-state index is 0.218. The van der Waals surface area contributed by atoms with E-state index in [0.717, 1.165) is 40.1 Å². The Hall–Kier alpha value is -3.01. The topological polar surface area (TPSA) is 90.4 Å². The molecular formula is C22H27N7O2S. The summed E-state index contributed by atoms with van der Waals surface area (Å²) in [6, 6.07) is 2.21. The average molecular weight is 454 g/mol. The first kappa shape index (κ1) is 20.9. The predicted octanol–water partition coefficient (Wildman–Crippen LogP) is 4.26. The Kier molecular flexibility index (Phi) is 4.92. The third kappa shape index (κ3) is 3.94. The summed E-state index contributed by atoms with van der Waals surface area (Å²) in [6.07, 6.45) is 5.50. The first-order valence-corrected chi connectivity index (χ1v) is 11.7. The maximum Gasteiger partial charge on any atom is 0.410 e. The molecule has 1 aliphatic heterocycles. The van der Waals surface area contributed by atoms with Gasteiger partial charge in [-0.1, -0.05) is 0 Å². The van der Waals surface area contributed by atoms with Crippen LogP contribution in [0.2, 0.25) is 0 Å². The number of amides is 1. The number of aromatic nitrogens is 6. The van der Waals surface area contributed by atoms with Crippen LogP contribution in [-0.2, 0) is 4.74 Å². The molecule has 0 unspecified atom stereocenters. The van der Waals surface area contributed by atoms with Gasteiger partial charge >= 0.3 is 6.09 Å². The fraction of sp³-hybridized carbons (Fsp3) is 0.500. The molecule has 168 valence electrons. The van der Waals surface area contributed by atoms with Crippen molar-refractivity contribution < 1.29 is 9.53 Å². The molecule has 0 radical (unpaired) electrons. The second kappa shape index (κ2) is 7.54. The molecule has 5 heterocycles. The number of aryl methyl sites for hydroxylation is 2. The van der Waals surface area contributed by atoms with E-state index in [1.807, 2.05) is 51.9 Å². The Morgan fingerprint density at radius 2 is 1.88 bits per heavy atom. The third-order valence-electron chi connectivity index (χ3n) is 5.57. The van der Waals surface area contributed by atoms with Crippen LogP contribution in [0.3, 0.4) is 0 Å².